The van der Waals surface area contributed by atoms with Gasteiger partial charge in [-0.05, 0) is 45.4 Å². The number of nitrogens with zero attached hydrogens (tertiary/aromatic N) is 4. The lowest BCUT2D eigenvalue weighted by Gasteiger charge is -2.34. The molecule has 0 aliphatic carbocycles. The summed E-state index contributed by atoms with van der Waals surface area (Å²) in [6.07, 6.45) is 8.60. The van der Waals surface area contributed by atoms with Crippen LogP contribution in [0.2, 0.25) is 0 Å². The minimum absolute atomic E-state index is 0. The third kappa shape index (κ3) is 7.43. The van der Waals surface area contributed by atoms with E-state index in [1.807, 2.05) is 0 Å². The number of nitrogens with one attached hydrogen (secondary N) is 1. The first-order chi connectivity index (χ1) is 14.8. The Hall–Kier alpha value is -0.650. The van der Waals surface area contributed by atoms with E-state index in [1.165, 1.54) is 30.1 Å². The number of rotatable bonds is 8. The minimum Gasteiger partial charge on any atom is -0.376 e. The van der Waals surface area contributed by atoms with Crippen LogP contribution in [0.25, 0.3) is 0 Å². The van der Waals surface area contributed by atoms with Crippen molar-refractivity contribution in [1.82, 2.24) is 15.2 Å². The first kappa shape index (κ1) is 25.0. The Bertz CT molecular complexity index is 669. The molecule has 0 spiro atoms. The van der Waals surface area contributed by atoms with Crippen molar-refractivity contribution < 1.29 is 9.47 Å². The number of aromatic nitrogens is 1. The van der Waals surface area contributed by atoms with Crippen molar-refractivity contribution in [3.8, 4) is 0 Å². The quantitative estimate of drug-likeness (QED) is 0.297. The Balaban J connectivity index is 0.00000272. The fourth-order valence-electron chi connectivity index (χ4n) is 4.42. The van der Waals surface area contributed by atoms with E-state index in [1.54, 1.807) is 11.3 Å². The molecule has 3 aliphatic rings. The smallest absolute Gasteiger partial charge is 0.193 e. The highest BCUT2D eigenvalue weighted by atomic mass is 127. The average Bonchev–Trinajstić information content (AvgIpc) is 3.55. The van der Waals surface area contributed by atoms with Gasteiger partial charge in [-0.15, -0.1) is 35.3 Å². The summed E-state index contributed by atoms with van der Waals surface area (Å²) in [6, 6.07) is 0. The summed E-state index contributed by atoms with van der Waals surface area (Å²) in [5.74, 6) is 1.03. The first-order valence-corrected chi connectivity index (χ1v) is 12.7. The maximum absolute atomic E-state index is 6.12. The van der Waals surface area contributed by atoms with Gasteiger partial charge in [-0.1, -0.05) is 0 Å². The Morgan fingerprint density at radius 3 is 2.74 bits per heavy atom. The number of thiazole rings is 1. The molecule has 1 unspecified atom stereocenters. The highest BCUT2D eigenvalue weighted by molar-refractivity contribution is 14.0. The lowest BCUT2D eigenvalue weighted by Crippen LogP contribution is -2.47. The molecule has 1 N–H and O–H groups in total. The van der Waals surface area contributed by atoms with E-state index in [0.717, 1.165) is 84.1 Å². The van der Waals surface area contributed by atoms with Gasteiger partial charge in [-0.25, -0.2) is 4.98 Å². The van der Waals surface area contributed by atoms with Crippen molar-refractivity contribution in [1.29, 1.82) is 0 Å². The maximum Gasteiger partial charge on any atom is 0.193 e. The lowest BCUT2D eigenvalue weighted by molar-refractivity contribution is -0.0367. The normalized spacial score (nSPS) is 22.7. The van der Waals surface area contributed by atoms with Gasteiger partial charge in [0.15, 0.2) is 11.1 Å². The van der Waals surface area contributed by atoms with Crippen LogP contribution in [-0.4, -0.2) is 80.5 Å². The van der Waals surface area contributed by atoms with Crippen LogP contribution in [0.15, 0.2) is 10.4 Å². The van der Waals surface area contributed by atoms with Gasteiger partial charge < -0.3 is 24.6 Å². The molecule has 0 radical (unpaired) electrons. The number of ether oxygens (including phenoxy) is 2. The molecule has 4 heterocycles. The van der Waals surface area contributed by atoms with Gasteiger partial charge in [-0.2, -0.15) is 0 Å². The largest absolute Gasteiger partial charge is 0.376 e. The van der Waals surface area contributed by atoms with Gasteiger partial charge in [0.25, 0.3) is 0 Å². The number of halogens is 1. The molecule has 3 fully saturated rings. The van der Waals surface area contributed by atoms with E-state index in [2.05, 4.69) is 27.4 Å². The van der Waals surface area contributed by atoms with E-state index in [9.17, 15) is 0 Å². The third-order valence-corrected chi connectivity index (χ3v) is 7.11. The van der Waals surface area contributed by atoms with Gasteiger partial charge >= 0.3 is 0 Å². The predicted octanol–water partition coefficient (Wildman–Crippen LogP) is 3.53. The molecule has 0 aromatic carbocycles. The molecule has 0 bridgehead atoms. The van der Waals surface area contributed by atoms with Gasteiger partial charge in [0.1, 0.15) is 0 Å². The predicted molar refractivity (Wildman–Crippen MR) is 138 cm³/mol. The summed E-state index contributed by atoms with van der Waals surface area (Å²) in [5, 5.41) is 6.85. The molecule has 3 saturated heterocycles. The summed E-state index contributed by atoms with van der Waals surface area (Å²) in [6.45, 7) is 9.77. The minimum atomic E-state index is 0. The number of piperidine rings is 1. The topological polar surface area (TPSA) is 62.2 Å². The van der Waals surface area contributed by atoms with Gasteiger partial charge in [-0.3, -0.25) is 4.99 Å². The van der Waals surface area contributed by atoms with E-state index >= 15 is 0 Å². The van der Waals surface area contributed by atoms with Crippen molar-refractivity contribution >= 4 is 46.4 Å². The van der Waals surface area contributed by atoms with E-state index in [4.69, 9.17) is 19.5 Å². The molecule has 31 heavy (non-hydrogen) atoms. The second-order valence-corrected chi connectivity index (χ2v) is 9.29. The zero-order chi connectivity index (χ0) is 20.6. The standard InChI is InChI=1S/C22H37N5O2S.HI/c1-2-23-21(24-10-7-18-17-30-22(25-18)27-11-3-4-12-27)26-13-8-19(9-14-26)29-16-20-6-5-15-28-20;/h17,19-20H,2-16H2,1H3,(H,23,24);1H. The lowest BCUT2D eigenvalue weighted by atomic mass is 10.1. The number of hydrogen-bond donors (Lipinski definition) is 1. The van der Waals surface area contributed by atoms with E-state index in [-0.39, 0.29) is 24.0 Å². The van der Waals surface area contributed by atoms with Crippen LogP contribution in [0.3, 0.4) is 0 Å². The molecular weight excluding hydrogens is 525 g/mol. The van der Waals surface area contributed by atoms with Gasteiger partial charge in [0.05, 0.1) is 24.5 Å². The summed E-state index contributed by atoms with van der Waals surface area (Å²) in [5.41, 5.74) is 1.17. The molecule has 7 nitrogen and oxygen atoms in total. The van der Waals surface area contributed by atoms with Gasteiger partial charge in [0.2, 0.25) is 0 Å². The van der Waals surface area contributed by atoms with Crippen molar-refractivity contribution in [3.05, 3.63) is 11.1 Å². The fourth-order valence-corrected chi connectivity index (χ4v) is 5.33. The van der Waals surface area contributed by atoms with Crippen LogP contribution in [0.1, 0.15) is 51.1 Å². The molecular formula is C22H38IN5O2S. The van der Waals surface area contributed by atoms with Crippen LogP contribution in [0.5, 0.6) is 0 Å². The summed E-state index contributed by atoms with van der Waals surface area (Å²) in [7, 11) is 0. The monoisotopic (exact) mass is 563 g/mol. The highest BCUT2D eigenvalue weighted by Crippen LogP contribution is 2.24. The third-order valence-electron chi connectivity index (χ3n) is 6.16. The second kappa shape index (κ2) is 13.2. The summed E-state index contributed by atoms with van der Waals surface area (Å²) >= 11 is 1.78. The molecule has 3 aliphatic heterocycles. The second-order valence-electron chi connectivity index (χ2n) is 8.46. The fraction of sp³-hybridized carbons (Fsp3) is 0.818. The molecule has 0 saturated carbocycles. The number of aliphatic imine (C=N–C) groups is 1. The van der Waals surface area contributed by atoms with Crippen LogP contribution in [-0.2, 0) is 15.9 Å². The molecule has 176 valence electrons. The number of anilines is 1. The highest BCUT2D eigenvalue weighted by Gasteiger charge is 2.24. The number of hydrogen-bond acceptors (Lipinski definition) is 6. The molecule has 9 heteroatoms. The van der Waals surface area contributed by atoms with Crippen LogP contribution in [0, 0.1) is 0 Å². The summed E-state index contributed by atoms with van der Waals surface area (Å²) < 4.78 is 11.8. The van der Waals surface area contributed by atoms with E-state index < -0.39 is 0 Å². The zero-order valence-electron chi connectivity index (χ0n) is 18.8. The van der Waals surface area contributed by atoms with E-state index in [0.29, 0.717) is 12.2 Å². The molecule has 1 aromatic rings. The Morgan fingerprint density at radius 2 is 2.03 bits per heavy atom. The first-order valence-electron chi connectivity index (χ1n) is 11.8. The Morgan fingerprint density at radius 1 is 1.23 bits per heavy atom. The van der Waals surface area contributed by atoms with Gasteiger partial charge in [0, 0.05) is 57.7 Å². The summed E-state index contributed by atoms with van der Waals surface area (Å²) in [4.78, 5) is 14.5. The molecule has 1 atom stereocenters. The molecule has 0 amide bonds. The Labute approximate surface area is 208 Å². The van der Waals surface area contributed by atoms with Crippen LogP contribution in [0.4, 0.5) is 5.13 Å². The number of likely N-dealkylation sites (tertiary alicyclic amines) is 1. The molecule has 4 rings (SSSR count). The Kier molecular flexibility index (Phi) is 10.6. The van der Waals surface area contributed by atoms with Crippen molar-refractivity contribution in [2.75, 3.05) is 57.4 Å². The van der Waals surface area contributed by atoms with Crippen molar-refractivity contribution in [3.63, 3.8) is 0 Å². The van der Waals surface area contributed by atoms with Crippen LogP contribution < -0.4 is 10.2 Å². The SMILES string of the molecule is CCNC(=NCCc1csc(N2CCCC2)n1)N1CCC(OCC2CCCO2)CC1.I. The zero-order valence-corrected chi connectivity index (χ0v) is 21.9. The van der Waals surface area contributed by atoms with Crippen molar-refractivity contribution in [2.24, 2.45) is 4.99 Å². The van der Waals surface area contributed by atoms with Crippen LogP contribution >= 0.6 is 35.3 Å². The average molecular weight is 564 g/mol. The maximum atomic E-state index is 6.12. The number of guanidine groups is 1. The molecule has 1 aromatic heterocycles. The van der Waals surface area contributed by atoms with Crippen molar-refractivity contribution in [2.45, 2.75) is 64.1 Å².